The van der Waals surface area contributed by atoms with Crippen LogP contribution in [0, 0.1) is 6.92 Å². The van der Waals surface area contributed by atoms with E-state index in [2.05, 4.69) is 11.7 Å². The van der Waals surface area contributed by atoms with Crippen LogP contribution >= 0.6 is 0 Å². The van der Waals surface area contributed by atoms with Crippen LogP contribution in [0.5, 0.6) is 0 Å². The number of hydrogen-bond acceptors (Lipinski definition) is 2. The van der Waals surface area contributed by atoms with E-state index in [0.29, 0.717) is 12.2 Å². The summed E-state index contributed by atoms with van der Waals surface area (Å²) in [7, 11) is 0. The Bertz CT molecular complexity index is 495. The number of aromatic nitrogens is 1. The first kappa shape index (κ1) is 15.3. The molecule has 19 heavy (non-hydrogen) atoms. The van der Waals surface area contributed by atoms with Gasteiger partial charge < -0.3 is 4.52 Å². The van der Waals surface area contributed by atoms with Crippen LogP contribution in [-0.2, 0) is 6.42 Å². The average molecular weight is 271 g/mol. The molecule has 0 amide bonds. The summed E-state index contributed by atoms with van der Waals surface area (Å²) in [6.07, 6.45) is 0.984. The van der Waals surface area contributed by atoms with Crippen LogP contribution in [0.3, 0.4) is 0 Å². The second-order valence-corrected chi connectivity index (χ2v) is 4.16. The molecule has 0 unspecified atom stereocenters. The molecule has 1 heterocycles. The molecular formula is C14H16F3NO. The summed E-state index contributed by atoms with van der Waals surface area (Å²) in [5.41, 5.74) is 0.613. The van der Waals surface area contributed by atoms with Crippen molar-refractivity contribution in [2.45, 2.75) is 32.9 Å². The molecule has 0 aliphatic rings. The summed E-state index contributed by atoms with van der Waals surface area (Å²) >= 11 is 0. The number of halogens is 3. The number of alkyl halides is 3. The van der Waals surface area contributed by atoms with Crippen molar-refractivity contribution in [1.82, 2.24) is 5.16 Å². The molecule has 0 saturated carbocycles. The summed E-state index contributed by atoms with van der Waals surface area (Å²) in [5, 5.41) is 3.74. The Labute approximate surface area is 110 Å². The lowest BCUT2D eigenvalue weighted by atomic mass is 10.1. The highest BCUT2D eigenvalue weighted by Crippen LogP contribution is 2.25. The molecule has 0 aliphatic heterocycles. The molecule has 2 nitrogen and oxygen atoms in total. The number of aryl methyl sites for hydroxylation is 1. The molecule has 0 bridgehead atoms. The fraction of sp³-hybridized carbons (Fsp3) is 0.357. The number of hydrogen-bond donors (Lipinski definition) is 0. The smallest absolute Gasteiger partial charge is 0.361 e. The van der Waals surface area contributed by atoms with Gasteiger partial charge in [0.05, 0.1) is 5.69 Å². The van der Waals surface area contributed by atoms with Gasteiger partial charge in [-0.05, 0) is 18.9 Å². The summed E-state index contributed by atoms with van der Waals surface area (Å²) in [6.45, 7) is 6.70. The number of allylic oxidation sites excluding steroid dienone is 5. The minimum Gasteiger partial charge on any atom is -0.361 e. The lowest BCUT2D eigenvalue weighted by molar-refractivity contribution is -0.0878. The molecule has 1 aromatic heterocycles. The van der Waals surface area contributed by atoms with Gasteiger partial charge in [-0.25, -0.2) is 0 Å². The van der Waals surface area contributed by atoms with Crippen molar-refractivity contribution in [3.8, 4) is 0 Å². The van der Waals surface area contributed by atoms with Crippen molar-refractivity contribution >= 4 is 0 Å². The molecule has 5 heteroatoms. The van der Waals surface area contributed by atoms with Gasteiger partial charge >= 0.3 is 6.18 Å². The number of rotatable bonds is 5. The molecule has 0 fully saturated rings. The average Bonchev–Trinajstić information content (AvgIpc) is 2.70. The first-order valence-corrected chi connectivity index (χ1v) is 5.88. The first-order chi connectivity index (χ1) is 8.82. The fourth-order valence-electron chi connectivity index (χ4n) is 1.46. The van der Waals surface area contributed by atoms with Crippen LogP contribution in [0.1, 0.15) is 24.8 Å². The van der Waals surface area contributed by atoms with Crippen LogP contribution in [0.2, 0.25) is 0 Å². The van der Waals surface area contributed by atoms with Crippen LogP contribution in [0.4, 0.5) is 13.2 Å². The Morgan fingerprint density at radius 3 is 2.58 bits per heavy atom. The van der Waals surface area contributed by atoms with Crippen molar-refractivity contribution in [1.29, 1.82) is 0 Å². The molecule has 0 saturated heterocycles. The molecule has 0 N–H and O–H groups in total. The maximum Gasteiger partial charge on any atom is 0.415 e. The van der Waals surface area contributed by atoms with E-state index in [1.807, 2.05) is 13.0 Å². The maximum absolute atomic E-state index is 12.3. The van der Waals surface area contributed by atoms with Gasteiger partial charge in [0, 0.05) is 18.1 Å². The van der Waals surface area contributed by atoms with Gasteiger partial charge in [-0.1, -0.05) is 36.9 Å². The van der Waals surface area contributed by atoms with Gasteiger partial charge in [0.25, 0.3) is 0 Å². The predicted molar refractivity (Wildman–Crippen MR) is 67.7 cm³/mol. The van der Waals surface area contributed by atoms with Crippen molar-refractivity contribution in [3.05, 3.63) is 53.5 Å². The highest BCUT2D eigenvalue weighted by atomic mass is 19.4. The van der Waals surface area contributed by atoms with Gasteiger partial charge in [-0.15, -0.1) is 0 Å². The van der Waals surface area contributed by atoms with Gasteiger partial charge in [-0.2, -0.15) is 13.2 Å². The zero-order valence-corrected chi connectivity index (χ0v) is 10.9. The third-order valence-corrected chi connectivity index (χ3v) is 2.38. The molecule has 0 atom stereocenters. The summed E-state index contributed by atoms with van der Waals surface area (Å²) in [6, 6.07) is 1.76. The zero-order chi connectivity index (χ0) is 14.5. The maximum atomic E-state index is 12.3. The summed E-state index contributed by atoms with van der Waals surface area (Å²) < 4.78 is 42.0. The highest BCUT2D eigenvalue weighted by Gasteiger charge is 2.29. The second-order valence-electron chi connectivity index (χ2n) is 4.16. The molecule has 0 aromatic carbocycles. The Kier molecular flexibility index (Phi) is 5.15. The van der Waals surface area contributed by atoms with Crippen molar-refractivity contribution < 1.29 is 17.7 Å². The lowest BCUT2D eigenvalue weighted by Gasteiger charge is -2.05. The summed E-state index contributed by atoms with van der Waals surface area (Å²) in [4.78, 5) is 0. The minimum absolute atomic E-state index is 0.413. The van der Waals surface area contributed by atoms with E-state index in [-0.39, 0.29) is 0 Å². The quantitative estimate of drug-likeness (QED) is 0.735. The largest absolute Gasteiger partial charge is 0.415 e. The van der Waals surface area contributed by atoms with E-state index in [4.69, 9.17) is 4.52 Å². The van der Waals surface area contributed by atoms with Crippen LogP contribution in [0.15, 0.2) is 46.5 Å². The third kappa shape index (κ3) is 5.16. The van der Waals surface area contributed by atoms with Crippen LogP contribution < -0.4 is 0 Å². The first-order valence-electron chi connectivity index (χ1n) is 5.88. The topological polar surface area (TPSA) is 26.0 Å². The normalized spacial score (nSPS) is 13.2. The van der Waals surface area contributed by atoms with Crippen molar-refractivity contribution in [2.24, 2.45) is 0 Å². The monoisotopic (exact) mass is 271 g/mol. The summed E-state index contributed by atoms with van der Waals surface area (Å²) in [5.74, 6) is 0.625. The fourth-order valence-corrected chi connectivity index (χ4v) is 1.46. The molecular weight excluding hydrogens is 255 g/mol. The van der Waals surface area contributed by atoms with Gasteiger partial charge in [0.1, 0.15) is 5.76 Å². The third-order valence-electron chi connectivity index (χ3n) is 2.38. The standard InChI is InChI=1S/C14H16F3NO/c1-4-5-12(7-6-10(2)14(15,16)17)9-13-8-11(3)18-19-13/h5-8H,2,4,9H2,1,3H3/b7-6-,12-5+. The van der Waals surface area contributed by atoms with Gasteiger partial charge in [0.2, 0.25) is 0 Å². The predicted octanol–water partition coefficient (Wildman–Crippen LogP) is 4.54. The second kappa shape index (κ2) is 6.41. The number of nitrogens with zero attached hydrogens (tertiary/aromatic N) is 1. The van der Waals surface area contributed by atoms with Gasteiger partial charge in [0.15, 0.2) is 0 Å². The molecule has 0 spiro atoms. The Morgan fingerprint density at radius 1 is 1.42 bits per heavy atom. The molecule has 1 rings (SSSR count). The molecule has 104 valence electrons. The Balaban J connectivity index is 2.77. The van der Waals surface area contributed by atoms with Crippen molar-refractivity contribution in [3.63, 3.8) is 0 Å². The minimum atomic E-state index is -4.39. The molecule has 0 radical (unpaired) electrons. The highest BCUT2D eigenvalue weighted by molar-refractivity contribution is 5.31. The van der Waals surface area contributed by atoms with E-state index in [1.165, 1.54) is 6.08 Å². The van der Waals surface area contributed by atoms with Gasteiger partial charge in [-0.3, -0.25) is 0 Å². The van der Waals surface area contributed by atoms with Crippen molar-refractivity contribution in [2.75, 3.05) is 0 Å². The Hall–Kier alpha value is -1.78. The lowest BCUT2D eigenvalue weighted by Crippen LogP contribution is -2.08. The van der Waals surface area contributed by atoms with E-state index >= 15 is 0 Å². The zero-order valence-electron chi connectivity index (χ0n) is 10.9. The Morgan fingerprint density at radius 2 is 2.11 bits per heavy atom. The van der Waals surface area contributed by atoms with Crippen LogP contribution in [0.25, 0.3) is 0 Å². The van der Waals surface area contributed by atoms with Crippen LogP contribution in [-0.4, -0.2) is 11.3 Å². The van der Waals surface area contributed by atoms with E-state index < -0.39 is 11.7 Å². The molecule has 1 aromatic rings. The van der Waals surface area contributed by atoms with E-state index in [0.717, 1.165) is 23.8 Å². The molecule has 0 aliphatic carbocycles. The van der Waals surface area contributed by atoms with E-state index in [9.17, 15) is 13.2 Å². The van der Waals surface area contributed by atoms with E-state index in [1.54, 1.807) is 13.0 Å². The SMILES string of the molecule is C=C(/C=C\C(=C/CC)Cc1cc(C)no1)C(F)(F)F.